The Bertz CT molecular complexity index is 895. The van der Waals surface area contributed by atoms with E-state index < -0.39 is 0 Å². The lowest BCUT2D eigenvalue weighted by Gasteiger charge is -2.16. The third kappa shape index (κ3) is 3.74. The Morgan fingerprint density at radius 1 is 1.29 bits per heavy atom. The molecule has 1 aliphatic heterocycles. The van der Waals surface area contributed by atoms with Crippen molar-refractivity contribution in [2.75, 3.05) is 13.2 Å². The van der Waals surface area contributed by atoms with Crippen LogP contribution in [0.4, 0.5) is 4.39 Å². The Morgan fingerprint density at radius 2 is 2.07 bits per heavy atom. The van der Waals surface area contributed by atoms with E-state index in [9.17, 15) is 14.0 Å². The van der Waals surface area contributed by atoms with E-state index in [1.165, 1.54) is 12.1 Å². The van der Waals surface area contributed by atoms with Crippen LogP contribution in [0.5, 0.6) is 0 Å². The van der Waals surface area contributed by atoms with Crippen LogP contribution < -0.4 is 5.32 Å². The second kappa shape index (κ2) is 7.87. The largest absolute Gasteiger partial charge is 0.379 e. The van der Waals surface area contributed by atoms with E-state index >= 15 is 0 Å². The van der Waals surface area contributed by atoms with Gasteiger partial charge in [-0.2, -0.15) is 0 Å². The number of aromatic nitrogens is 1. The quantitative estimate of drug-likeness (QED) is 0.862. The molecule has 148 valence electrons. The van der Waals surface area contributed by atoms with Crippen LogP contribution in [0.15, 0.2) is 24.3 Å². The number of nitrogens with one attached hydrogen (secondary N) is 1. The van der Waals surface area contributed by atoms with Gasteiger partial charge in [0.05, 0.1) is 19.1 Å². The van der Waals surface area contributed by atoms with Crippen molar-refractivity contribution in [1.82, 2.24) is 9.88 Å². The summed E-state index contributed by atoms with van der Waals surface area (Å²) < 4.78 is 20.7. The summed E-state index contributed by atoms with van der Waals surface area (Å²) in [6, 6.07) is 6.48. The first-order chi connectivity index (χ1) is 13.5. The molecule has 6 heteroatoms. The number of amides is 1. The monoisotopic (exact) mass is 384 g/mol. The van der Waals surface area contributed by atoms with Crippen LogP contribution in [0.3, 0.4) is 0 Å². The topological polar surface area (TPSA) is 60.3 Å². The van der Waals surface area contributed by atoms with Crippen LogP contribution in [0.1, 0.15) is 52.1 Å². The zero-order valence-electron chi connectivity index (χ0n) is 16.1. The van der Waals surface area contributed by atoms with Crippen molar-refractivity contribution in [1.29, 1.82) is 0 Å². The Hall–Kier alpha value is -2.47. The first-order valence-electron chi connectivity index (χ1n) is 9.88. The van der Waals surface area contributed by atoms with Gasteiger partial charge in [0.25, 0.3) is 0 Å². The summed E-state index contributed by atoms with van der Waals surface area (Å²) in [7, 11) is 0. The van der Waals surface area contributed by atoms with Crippen molar-refractivity contribution in [3.8, 4) is 0 Å². The number of ether oxygens (including phenoxy) is 1. The van der Waals surface area contributed by atoms with Crippen molar-refractivity contribution < 1.29 is 18.7 Å². The maximum absolute atomic E-state index is 13.2. The second-order valence-electron chi connectivity index (χ2n) is 7.68. The van der Waals surface area contributed by atoms with Gasteiger partial charge < -0.3 is 14.6 Å². The fraction of sp³-hybridized carbons (Fsp3) is 0.455. The van der Waals surface area contributed by atoms with E-state index in [1.54, 1.807) is 12.1 Å². The minimum absolute atomic E-state index is 0.0561. The standard InChI is InChI=1S/C22H25FN2O3/c1-14-18(11-21(27)24-17-9-10-28-13-17)22-19(3-2-4-20(22)26)25(14)12-15-5-7-16(23)8-6-15/h5-8,17H,2-4,9-13H2,1H3,(H,24,27)/t17-/m1/s1. The molecule has 2 aliphatic rings. The van der Waals surface area contributed by atoms with Gasteiger partial charge in [0.15, 0.2) is 5.78 Å². The number of nitrogens with zero attached hydrogens (tertiary/aromatic N) is 1. The van der Waals surface area contributed by atoms with E-state index in [1.807, 2.05) is 6.92 Å². The molecule has 1 fully saturated rings. The van der Waals surface area contributed by atoms with E-state index in [-0.39, 0.29) is 30.0 Å². The Labute approximate surface area is 163 Å². The molecule has 5 nitrogen and oxygen atoms in total. The van der Waals surface area contributed by atoms with E-state index in [0.717, 1.165) is 47.3 Å². The van der Waals surface area contributed by atoms with Gasteiger partial charge in [-0.25, -0.2) is 4.39 Å². The lowest BCUT2D eigenvalue weighted by molar-refractivity contribution is -0.121. The van der Waals surface area contributed by atoms with Crippen LogP contribution in [-0.4, -0.2) is 35.5 Å². The molecule has 1 saturated heterocycles. The Morgan fingerprint density at radius 3 is 2.79 bits per heavy atom. The maximum atomic E-state index is 13.2. The fourth-order valence-electron chi connectivity index (χ4n) is 4.28. The molecule has 2 heterocycles. The lowest BCUT2D eigenvalue weighted by atomic mass is 9.92. The number of Topliss-reactive ketones (excluding diaryl/α,β-unsaturated/α-hetero) is 1. The summed E-state index contributed by atoms with van der Waals surface area (Å²) in [6.07, 6.45) is 3.20. The molecule has 4 rings (SSSR count). The summed E-state index contributed by atoms with van der Waals surface area (Å²) in [5, 5.41) is 3.02. The van der Waals surface area contributed by atoms with Gasteiger partial charge in [0.1, 0.15) is 5.82 Å². The number of hydrogen-bond donors (Lipinski definition) is 1. The highest BCUT2D eigenvalue weighted by molar-refractivity contribution is 6.01. The number of hydrogen-bond acceptors (Lipinski definition) is 3. The molecule has 0 spiro atoms. The van der Waals surface area contributed by atoms with Gasteiger partial charge in [-0.3, -0.25) is 9.59 Å². The molecule has 1 aromatic heterocycles. The van der Waals surface area contributed by atoms with Crippen LogP contribution in [0.25, 0.3) is 0 Å². The minimum Gasteiger partial charge on any atom is -0.379 e. The van der Waals surface area contributed by atoms with Crippen molar-refractivity contribution in [2.45, 2.75) is 51.6 Å². The zero-order valence-corrected chi connectivity index (χ0v) is 16.1. The van der Waals surface area contributed by atoms with Gasteiger partial charge in [0, 0.05) is 36.5 Å². The fourth-order valence-corrected chi connectivity index (χ4v) is 4.28. The summed E-state index contributed by atoms with van der Waals surface area (Å²) in [5.74, 6) is -0.216. The SMILES string of the molecule is Cc1c(CC(=O)N[C@@H]2CCOC2)c2c(n1Cc1ccc(F)cc1)CCCC2=O. The van der Waals surface area contributed by atoms with Gasteiger partial charge in [-0.1, -0.05) is 12.1 Å². The molecule has 1 atom stereocenters. The summed E-state index contributed by atoms with van der Waals surface area (Å²) in [5.41, 5.74) is 4.48. The molecule has 0 bridgehead atoms. The molecular formula is C22H25FN2O3. The van der Waals surface area contributed by atoms with Gasteiger partial charge in [-0.05, 0) is 49.4 Å². The van der Waals surface area contributed by atoms with E-state index in [2.05, 4.69) is 9.88 Å². The third-order valence-electron chi connectivity index (χ3n) is 5.74. The third-order valence-corrected chi connectivity index (χ3v) is 5.74. The number of ketones is 1. The lowest BCUT2D eigenvalue weighted by Crippen LogP contribution is -2.36. The normalized spacial score (nSPS) is 18.9. The van der Waals surface area contributed by atoms with Crippen LogP contribution >= 0.6 is 0 Å². The number of benzene rings is 1. The molecule has 0 radical (unpaired) electrons. The van der Waals surface area contributed by atoms with Crippen molar-refractivity contribution >= 4 is 11.7 Å². The number of rotatable bonds is 5. The summed E-state index contributed by atoms with van der Waals surface area (Å²) in [4.78, 5) is 25.3. The number of carbonyl (C=O) groups excluding carboxylic acids is 2. The highest BCUT2D eigenvalue weighted by Gasteiger charge is 2.29. The predicted molar refractivity (Wildman–Crippen MR) is 103 cm³/mol. The van der Waals surface area contributed by atoms with Crippen LogP contribution in [0.2, 0.25) is 0 Å². The molecule has 28 heavy (non-hydrogen) atoms. The predicted octanol–water partition coefficient (Wildman–Crippen LogP) is 2.95. The molecule has 0 unspecified atom stereocenters. The second-order valence-corrected chi connectivity index (χ2v) is 7.68. The van der Waals surface area contributed by atoms with Crippen molar-refractivity contribution in [2.24, 2.45) is 0 Å². The Balaban J connectivity index is 1.63. The van der Waals surface area contributed by atoms with Crippen molar-refractivity contribution in [3.63, 3.8) is 0 Å². The summed E-state index contributed by atoms with van der Waals surface area (Å²) in [6.45, 7) is 3.76. The first kappa shape index (κ1) is 18.9. The summed E-state index contributed by atoms with van der Waals surface area (Å²) >= 11 is 0. The molecule has 1 aliphatic carbocycles. The molecule has 1 amide bonds. The molecule has 1 N–H and O–H groups in total. The van der Waals surface area contributed by atoms with E-state index in [0.29, 0.717) is 26.2 Å². The first-order valence-corrected chi connectivity index (χ1v) is 9.88. The van der Waals surface area contributed by atoms with Crippen LogP contribution in [-0.2, 0) is 28.9 Å². The van der Waals surface area contributed by atoms with Gasteiger partial charge in [-0.15, -0.1) is 0 Å². The number of halogens is 1. The van der Waals surface area contributed by atoms with Crippen molar-refractivity contribution in [3.05, 3.63) is 58.2 Å². The number of fused-ring (bicyclic) bond motifs is 1. The average molecular weight is 384 g/mol. The highest BCUT2D eigenvalue weighted by Crippen LogP contribution is 2.31. The minimum atomic E-state index is -0.265. The van der Waals surface area contributed by atoms with E-state index in [4.69, 9.17) is 4.74 Å². The molecule has 0 saturated carbocycles. The van der Waals surface area contributed by atoms with Crippen LogP contribution in [0, 0.1) is 12.7 Å². The zero-order chi connectivity index (χ0) is 19.7. The highest BCUT2D eigenvalue weighted by atomic mass is 19.1. The van der Waals surface area contributed by atoms with Gasteiger partial charge >= 0.3 is 0 Å². The molecular weight excluding hydrogens is 359 g/mol. The smallest absolute Gasteiger partial charge is 0.224 e. The molecule has 1 aromatic carbocycles. The Kier molecular flexibility index (Phi) is 5.31. The van der Waals surface area contributed by atoms with Gasteiger partial charge in [0.2, 0.25) is 5.91 Å². The maximum Gasteiger partial charge on any atom is 0.224 e. The average Bonchev–Trinajstić information content (AvgIpc) is 3.26. The number of carbonyl (C=O) groups is 2. The molecule has 2 aromatic rings.